The maximum atomic E-state index is 14.8. The fraction of sp³-hybridized carbons (Fsp3) is 0.250. The van der Waals surface area contributed by atoms with Crippen LogP contribution in [0.5, 0.6) is 0 Å². The molecule has 5 rings (SSSR count). The van der Waals surface area contributed by atoms with E-state index in [-0.39, 0.29) is 24.0 Å². The number of halogens is 2. The Kier molecular flexibility index (Phi) is 3.73. The lowest BCUT2D eigenvalue weighted by atomic mass is 9.98. The van der Waals surface area contributed by atoms with Gasteiger partial charge >= 0.3 is 0 Å². The lowest BCUT2D eigenvalue weighted by Gasteiger charge is -2.13. The summed E-state index contributed by atoms with van der Waals surface area (Å²) < 4.78 is 28.7. The lowest BCUT2D eigenvalue weighted by Crippen LogP contribution is -2.21. The molecule has 2 aliphatic heterocycles. The van der Waals surface area contributed by atoms with Crippen LogP contribution in [-0.2, 0) is 11.4 Å². The minimum Gasteiger partial charge on any atom is -0.354 e. The molecule has 0 aliphatic carbocycles. The van der Waals surface area contributed by atoms with Crippen LogP contribution in [-0.4, -0.2) is 17.4 Å². The molecule has 1 saturated heterocycles. The highest BCUT2D eigenvalue weighted by Crippen LogP contribution is 2.36. The molecular formula is C20H17F2N3O2. The number of hydrogen-bond acceptors (Lipinski definition) is 3. The van der Waals surface area contributed by atoms with E-state index in [1.54, 1.807) is 6.07 Å². The van der Waals surface area contributed by atoms with Crippen molar-refractivity contribution in [1.29, 1.82) is 0 Å². The third-order valence-corrected chi connectivity index (χ3v) is 5.32. The zero-order valence-corrected chi connectivity index (χ0v) is 14.4. The van der Waals surface area contributed by atoms with Crippen molar-refractivity contribution in [1.82, 2.24) is 15.8 Å². The van der Waals surface area contributed by atoms with Gasteiger partial charge in [-0.3, -0.25) is 9.63 Å². The van der Waals surface area contributed by atoms with Crippen molar-refractivity contribution in [3.8, 4) is 11.3 Å². The number of carbonyl (C=O) groups excluding carboxylic acids is 1. The summed E-state index contributed by atoms with van der Waals surface area (Å²) >= 11 is 0. The van der Waals surface area contributed by atoms with Crippen LogP contribution in [0.15, 0.2) is 30.3 Å². The van der Waals surface area contributed by atoms with E-state index in [4.69, 9.17) is 4.84 Å². The monoisotopic (exact) mass is 369 g/mol. The van der Waals surface area contributed by atoms with Gasteiger partial charge in [-0.2, -0.15) is 0 Å². The number of benzene rings is 2. The van der Waals surface area contributed by atoms with Crippen molar-refractivity contribution in [2.45, 2.75) is 25.5 Å². The summed E-state index contributed by atoms with van der Waals surface area (Å²) in [4.78, 5) is 20.5. The van der Waals surface area contributed by atoms with Crippen LogP contribution in [0.2, 0.25) is 0 Å². The van der Waals surface area contributed by atoms with Gasteiger partial charge in [0.25, 0.3) is 5.91 Å². The first kappa shape index (κ1) is 16.4. The van der Waals surface area contributed by atoms with E-state index in [1.807, 2.05) is 6.07 Å². The zero-order chi connectivity index (χ0) is 18.5. The molecule has 27 heavy (non-hydrogen) atoms. The molecule has 0 radical (unpaired) electrons. The Hall–Kier alpha value is -2.77. The Bertz CT molecular complexity index is 1070. The number of aromatic nitrogens is 1. The topological polar surface area (TPSA) is 66.2 Å². The molecule has 3 heterocycles. The van der Waals surface area contributed by atoms with Crippen molar-refractivity contribution < 1.29 is 18.4 Å². The smallest absolute Gasteiger partial charge is 0.275 e. The molecule has 1 unspecified atom stereocenters. The molecule has 3 N–H and O–H groups in total. The van der Waals surface area contributed by atoms with Crippen molar-refractivity contribution in [3.05, 3.63) is 58.7 Å². The molecule has 5 nitrogen and oxygen atoms in total. The summed E-state index contributed by atoms with van der Waals surface area (Å²) in [6, 6.07) is 7.66. The predicted octanol–water partition coefficient (Wildman–Crippen LogP) is 3.71. The summed E-state index contributed by atoms with van der Waals surface area (Å²) in [5.74, 6) is -1.31. The Balaban J connectivity index is 1.67. The van der Waals surface area contributed by atoms with Crippen LogP contribution >= 0.6 is 0 Å². The third-order valence-electron chi connectivity index (χ3n) is 5.32. The van der Waals surface area contributed by atoms with E-state index in [0.29, 0.717) is 33.3 Å². The Morgan fingerprint density at radius 1 is 1.15 bits per heavy atom. The van der Waals surface area contributed by atoms with Gasteiger partial charge in [0.15, 0.2) is 0 Å². The second-order valence-electron chi connectivity index (χ2n) is 6.96. The number of aromatic amines is 1. The molecular weight excluding hydrogens is 352 g/mol. The molecule has 1 fully saturated rings. The van der Waals surface area contributed by atoms with Gasteiger partial charge in [-0.15, -0.1) is 0 Å². The fourth-order valence-electron chi connectivity index (χ4n) is 4.08. The quantitative estimate of drug-likeness (QED) is 0.645. The highest BCUT2D eigenvalue weighted by Gasteiger charge is 2.25. The summed E-state index contributed by atoms with van der Waals surface area (Å²) in [6.07, 6.45) is 1.95. The number of hydrogen-bond donors (Lipinski definition) is 3. The van der Waals surface area contributed by atoms with Gasteiger partial charge in [0.05, 0.1) is 11.3 Å². The molecule has 3 aromatic rings. The van der Waals surface area contributed by atoms with Crippen molar-refractivity contribution in [2.75, 3.05) is 6.54 Å². The van der Waals surface area contributed by atoms with Crippen LogP contribution in [0.4, 0.5) is 8.78 Å². The van der Waals surface area contributed by atoms with Gasteiger partial charge in [-0.25, -0.2) is 14.3 Å². The molecule has 1 atom stereocenters. The first-order valence-corrected chi connectivity index (χ1v) is 8.91. The third kappa shape index (κ3) is 2.62. The number of hydroxylamine groups is 1. The SMILES string of the molecule is O=C1NOCc2c(-c3ccc(C4CCCN4)c(F)c3)[nH]c3cc(F)cc1c23. The molecule has 2 aromatic carbocycles. The Labute approximate surface area is 153 Å². The largest absolute Gasteiger partial charge is 0.354 e. The molecule has 0 bridgehead atoms. The molecule has 1 aromatic heterocycles. The second-order valence-corrected chi connectivity index (χ2v) is 6.96. The molecule has 138 valence electrons. The van der Waals surface area contributed by atoms with Crippen molar-refractivity contribution >= 4 is 16.8 Å². The number of nitrogens with one attached hydrogen (secondary N) is 3. The van der Waals surface area contributed by atoms with Gasteiger partial charge in [-0.05, 0) is 37.6 Å². The summed E-state index contributed by atoms with van der Waals surface area (Å²) in [7, 11) is 0. The Morgan fingerprint density at radius 3 is 2.81 bits per heavy atom. The zero-order valence-electron chi connectivity index (χ0n) is 14.4. The van der Waals surface area contributed by atoms with E-state index in [2.05, 4.69) is 15.8 Å². The highest BCUT2D eigenvalue weighted by atomic mass is 19.1. The summed E-state index contributed by atoms with van der Waals surface area (Å²) in [5, 5.41) is 3.90. The lowest BCUT2D eigenvalue weighted by molar-refractivity contribution is 0.0255. The minimum atomic E-state index is -0.525. The standard InChI is InChI=1S/C20H17F2N3O2/c21-11-7-13-18-14(9-27-25-20(13)26)19(24-17(18)8-11)10-3-4-12(15(22)6-10)16-2-1-5-23-16/h3-4,6-8,16,23-24H,1-2,5,9H2,(H,25,26). The van der Waals surface area contributed by atoms with E-state index in [0.717, 1.165) is 19.4 Å². The number of amides is 1. The summed E-state index contributed by atoms with van der Waals surface area (Å²) in [5.41, 5.74) is 5.59. The minimum absolute atomic E-state index is 0.0363. The van der Waals surface area contributed by atoms with Gasteiger partial charge in [-0.1, -0.05) is 12.1 Å². The van der Waals surface area contributed by atoms with Crippen molar-refractivity contribution in [3.63, 3.8) is 0 Å². The van der Waals surface area contributed by atoms with Crippen LogP contribution in [0.1, 0.15) is 40.4 Å². The average Bonchev–Trinajstić information content (AvgIpc) is 3.25. The van der Waals surface area contributed by atoms with E-state index in [1.165, 1.54) is 18.2 Å². The Morgan fingerprint density at radius 2 is 2.04 bits per heavy atom. The molecule has 2 aliphatic rings. The normalized spacial score (nSPS) is 19.3. The van der Waals surface area contributed by atoms with Gasteiger partial charge < -0.3 is 10.3 Å². The van der Waals surface area contributed by atoms with Gasteiger partial charge in [0, 0.05) is 33.6 Å². The molecule has 0 spiro atoms. The average molecular weight is 369 g/mol. The fourth-order valence-corrected chi connectivity index (χ4v) is 4.08. The second kappa shape index (κ2) is 6.14. The molecule has 0 saturated carbocycles. The maximum absolute atomic E-state index is 14.8. The van der Waals surface area contributed by atoms with E-state index < -0.39 is 11.7 Å². The first-order chi connectivity index (χ1) is 13.1. The van der Waals surface area contributed by atoms with Gasteiger partial charge in [0.2, 0.25) is 0 Å². The van der Waals surface area contributed by atoms with Gasteiger partial charge in [0.1, 0.15) is 18.2 Å². The van der Waals surface area contributed by atoms with Crippen LogP contribution in [0.25, 0.3) is 22.2 Å². The number of H-pyrrole nitrogens is 1. The number of carbonyl (C=O) groups is 1. The first-order valence-electron chi connectivity index (χ1n) is 8.91. The van der Waals surface area contributed by atoms with Crippen LogP contribution in [0.3, 0.4) is 0 Å². The maximum Gasteiger partial charge on any atom is 0.275 e. The van der Waals surface area contributed by atoms with E-state index in [9.17, 15) is 13.6 Å². The molecule has 1 amide bonds. The van der Waals surface area contributed by atoms with E-state index >= 15 is 0 Å². The van der Waals surface area contributed by atoms with Crippen molar-refractivity contribution in [2.24, 2.45) is 0 Å². The highest BCUT2D eigenvalue weighted by molar-refractivity contribution is 6.09. The molecule has 7 heteroatoms. The van der Waals surface area contributed by atoms with Crippen LogP contribution < -0.4 is 10.8 Å². The number of rotatable bonds is 2. The summed E-state index contributed by atoms with van der Waals surface area (Å²) in [6.45, 7) is 0.998. The van der Waals surface area contributed by atoms with Crippen LogP contribution in [0, 0.1) is 11.6 Å². The predicted molar refractivity (Wildman–Crippen MR) is 95.9 cm³/mol.